The van der Waals surface area contributed by atoms with Gasteiger partial charge in [0.25, 0.3) is 0 Å². The molecule has 1 aromatic heterocycles. The number of hydrogen-bond acceptors (Lipinski definition) is 6. The molecule has 1 heterocycles. The number of para-hydroxylation sites is 2. The fourth-order valence-corrected chi connectivity index (χ4v) is 2.50. The summed E-state index contributed by atoms with van der Waals surface area (Å²) in [4.78, 5) is 8.80. The summed E-state index contributed by atoms with van der Waals surface area (Å²) in [5.74, 6) is 2.80. The van der Waals surface area contributed by atoms with Crippen molar-refractivity contribution in [2.45, 2.75) is 26.9 Å². The fourth-order valence-electron chi connectivity index (χ4n) is 2.50. The first-order chi connectivity index (χ1) is 13.1. The molecule has 0 spiro atoms. The summed E-state index contributed by atoms with van der Waals surface area (Å²) < 4.78 is 11.3. The lowest BCUT2D eigenvalue weighted by atomic mass is 10.3. The number of nitrogens with one attached hydrogen (secondary N) is 2. The van der Waals surface area contributed by atoms with Gasteiger partial charge in [0, 0.05) is 11.9 Å². The molecule has 0 atom stereocenters. The lowest BCUT2D eigenvalue weighted by Crippen LogP contribution is -2.05. The van der Waals surface area contributed by atoms with Gasteiger partial charge in [-0.15, -0.1) is 0 Å². The minimum absolute atomic E-state index is 0.148. The first-order valence-corrected chi connectivity index (χ1v) is 8.99. The number of aromatic nitrogens is 2. The third kappa shape index (κ3) is 5.34. The molecule has 6 nitrogen and oxygen atoms in total. The minimum Gasteiger partial charge on any atom is -0.492 e. The molecule has 0 aliphatic rings. The van der Waals surface area contributed by atoms with Gasteiger partial charge in [0.2, 0.25) is 5.95 Å². The average Bonchev–Trinajstić information content (AvgIpc) is 2.65. The Morgan fingerprint density at radius 3 is 2.48 bits per heavy atom. The van der Waals surface area contributed by atoms with Crippen LogP contribution in [0.15, 0.2) is 60.8 Å². The van der Waals surface area contributed by atoms with E-state index in [1.165, 1.54) is 0 Å². The summed E-state index contributed by atoms with van der Waals surface area (Å²) in [5.41, 5.74) is 1.75. The van der Waals surface area contributed by atoms with Crippen molar-refractivity contribution in [3.63, 3.8) is 0 Å². The minimum atomic E-state index is 0.148. The molecule has 3 aromatic rings. The van der Waals surface area contributed by atoms with Crippen molar-refractivity contribution in [3.05, 3.63) is 60.8 Å². The van der Waals surface area contributed by atoms with Crippen molar-refractivity contribution in [2.75, 3.05) is 17.2 Å². The van der Waals surface area contributed by atoms with Gasteiger partial charge in [-0.3, -0.25) is 0 Å². The van der Waals surface area contributed by atoms with E-state index in [9.17, 15) is 0 Å². The third-order valence-electron chi connectivity index (χ3n) is 3.59. The monoisotopic (exact) mass is 364 g/mol. The Morgan fingerprint density at radius 2 is 1.74 bits per heavy atom. The number of nitrogens with zero attached hydrogens (tertiary/aromatic N) is 2. The molecule has 0 saturated carbocycles. The molecule has 6 heteroatoms. The van der Waals surface area contributed by atoms with Gasteiger partial charge in [-0.25, -0.2) is 4.98 Å². The summed E-state index contributed by atoms with van der Waals surface area (Å²) in [6.07, 6.45) is 1.85. The van der Waals surface area contributed by atoms with E-state index in [4.69, 9.17) is 9.47 Å². The van der Waals surface area contributed by atoms with Gasteiger partial charge in [0.05, 0.1) is 18.4 Å². The van der Waals surface area contributed by atoms with Gasteiger partial charge in [-0.05, 0) is 63.2 Å². The van der Waals surface area contributed by atoms with Gasteiger partial charge in [-0.2, -0.15) is 4.98 Å². The smallest absolute Gasteiger partial charge is 0.229 e. The maximum atomic E-state index is 5.66. The van der Waals surface area contributed by atoms with Gasteiger partial charge in [-0.1, -0.05) is 12.1 Å². The number of ether oxygens (including phenoxy) is 2. The molecule has 2 aromatic carbocycles. The van der Waals surface area contributed by atoms with E-state index in [1.807, 2.05) is 75.4 Å². The highest BCUT2D eigenvalue weighted by molar-refractivity contribution is 5.65. The molecular weight excluding hydrogens is 340 g/mol. The number of benzene rings is 2. The lowest BCUT2D eigenvalue weighted by Gasteiger charge is -2.13. The third-order valence-corrected chi connectivity index (χ3v) is 3.59. The Labute approximate surface area is 159 Å². The SMILES string of the molecule is CCOc1ccccc1Nc1ccnc(Nc2ccc(OC(C)C)cc2)n1. The zero-order valence-electron chi connectivity index (χ0n) is 15.8. The molecule has 0 bridgehead atoms. The molecule has 0 amide bonds. The van der Waals surface area contributed by atoms with Crippen LogP contribution >= 0.6 is 0 Å². The van der Waals surface area contributed by atoms with Crippen LogP contribution in [0, 0.1) is 0 Å². The van der Waals surface area contributed by atoms with Crippen LogP contribution in [0.25, 0.3) is 0 Å². The molecule has 27 heavy (non-hydrogen) atoms. The zero-order chi connectivity index (χ0) is 19.1. The predicted molar refractivity (Wildman–Crippen MR) is 108 cm³/mol. The maximum absolute atomic E-state index is 5.66. The summed E-state index contributed by atoms with van der Waals surface area (Å²) in [7, 11) is 0. The van der Waals surface area contributed by atoms with E-state index >= 15 is 0 Å². The first-order valence-electron chi connectivity index (χ1n) is 8.99. The zero-order valence-corrected chi connectivity index (χ0v) is 15.8. The van der Waals surface area contributed by atoms with E-state index in [0.717, 1.165) is 22.9 Å². The molecule has 2 N–H and O–H groups in total. The van der Waals surface area contributed by atoms with Gasteiger partial charge in [0.1, 0.15) is 17.3 Å². The molecular formula is C21H24N4O2. The molecule has 0 radical (unpaired) electrons. The van der Waals surface area contributed by atoms with Crippen LogP contribution in [0.3, 0.4) is 0 Å². The van der Waals surface area contributed by atoms with E-state index < -0.39 is 0 Å². The second-order valence-electron chi connectivity index (χ2n) is 6.14. The van der Waals surface area contributed by atoms with E-state index in [0.29, 0.717) is 18.4 Å². The van der Waals surface area contributed by atoms with Gasteiger partial charge >= 0.3 is 0 Å². The van der Waals surface area contributed by atoms with Crippen LogP contribution in [0.1, 0.15) is 20.8 Å². The number of rotatable bonds is 8. The fraction of sp³-hybridized carbons (Fsp3) is 0.238. The Hall–Kier alpha value is -3.28. The van der Waals surface area contributed by atoms with Crippen LogP contribution in [0.4, 0.5) is 23.1 Å². The van der Waals surface area contributed by atoms with Crippen molar-refractivity contribution in [3.8, 4) is 11.5 Å². The van der Waals surface area contributed by atoms with Crippen LogP contribution < -0.4 is 20.1 Å². The van der Waals surface area contributed by atoms with Gasteiger partial charge < -0.3 is 20.1 Å². The van der Waals surface area contributed by atoms with Crippen molar-refractivity contribution >= 4 is 23.1 Å². The first kappa shape index (κ1) is 18.5. The maximum Gasteiger partial charge on any atom is 0.229 e. The Bertz CT molecular complexity index is 866. The second kappa shape index (κ2) is 8.89. The number of hydrogen-bond donors (Lipinski definition) is 2. The van der Waals surface area contributed by atoms with Crippen molar-refractivity contribution in [1.82, 2.24) is 9.97 Å². The van der Waals surface area contributed by atoms with Crippen LogP contribution in [0.5, 0.6) is 11.5 Å². The summed E-state index contributed by atoms with van der Waals surface area (Å²) >= 11 is 0. The van der Waals surface area contributed by atoms with Crippen molar-refractivity contribution in [1.29, 1.82) is 0 Å². The summed E-state index contributed by atoms with van der Waals surface area (Å²) in [5, 5.41) is 6.48. The molecule has 0 saturated heterocycles. The van der Waals surface area contributed by atoms with Crippen LogP contribution in [0.2, 0.25) is 0 Å². The quantitative estimate of drug-likeness (QED) is 0.576. The van der Waals surface area contributed by atoms with Crippen LogP contribution in [-0.4, -0.2) is 22.7 Å². The Kier molecular flexibility index (Phi) is 6.10. The Balaban J connectivity index is 1.70. The summed E-state index contributed by atoms with van der Waals surface area (Å²) in [6.45, 7) is 6.57. The normalized spacial score (nSPS) is 10.5. The van der Waals surface area contributed by atoms with E-state index in [-0.39, 0.29) is 6.10 Å². The molecule has 0 aliphatic heterocycles. The molecule has 0 aliphatic carbocycles. The molecule has 3 rings (SSSR count). The highest BCUT2D eigenvalue weighted by Crippen LogP contribution is 2.27. The molecule has 140 valence electrons. The largest absolute Gasteiger partial charge is 0.492 e. The molecule has 0 unspecified atom stereocenters. The highest BCUT2D eigenvalue weighted by Gasteiger charge is 2.06. The number of anilines is 4. The molecule has 0 fully saturated rings. The predicted octanol–water partition coefficient (Wildman–Crippen LogP) is 5.15. The van der Waals surface area contributed by atoms with Gasteiger partial charge in [0.15, 0.2) is 0 Å². The van der Waals surface area contributed by atoms with E-state index in [2.05, 4.69) is 20.6 Å². The van der Waals surface area contributed by atoms with E-state index in [1.54, 1.807) is 6.20 Å². The second-order valence-corrected chi connectivity index (χ2v) is 6.14. The van der Waals surface area contributed by atoms with Crippen molar-refractivity contribution < 1.29 is 9.47 Å². The lowest BCUT2D eigenvalue weighted by molar-refractivity contribution is 0.242. The summed E-state index contributed by atoms with van der Waals surface area (Å²) in [6, 6.07) is 17.3. The standard InChI is InChI=1S/C21H24N4O2/c1-4-26-19-8-6-5-7-18(19)24-20-13-14-22-21(25-20)23-16-9-11-17(12-10-16)27-15(2)3/h5-15H,4H2,1-3H3,(H2,22,23,24,25). The Morgan fingerprint density at radius 1 is 0.963 bits per heavy atom. The average molecular weight is 364 g/mol. The topological polar surface area (TPSA) is 68.3 Å². The van der Waals surface area contributed by atoms with Crippen molar-refractivity contribution in [2.24, 2.45) is 0 Å². The highest BCUT2D eigenvalue weighted by atomic mass is 16.5. The van der Waals surface area contributed by atoms with Crippen LogP contribution in [-0.2, 0) is 0 Å².